The number of aromatic amines is 1. The Labute approximate surface area is 171 Å². The zero-order valence-electron chi connectivity index (χ0n) is 15.4. The van der Waals surface area contributed by atoms with Crippen LogP contribution in [0.2, 0.25) is 0 Å². The number of nitrogens with one attached hydrogen (secondary N) is 1. The maximum absolute atomic E-state index is 4.89. The average Bonchev–Trinajstić information content (AvgIpc) is 3.41. The van der Waals surface area contributed by atoms with Crippen molar-refractivity contribution in [2.75, 3.05) is 11.4 Å². The number of fused-ring (bicyclic) bond motifs is 1. The Kier molecular flexibility index (Phi) is 4.05. The van der Waals surface area contributed by atoms with Gasteiger partial charge in [-0.3, -0.25) is 0 Å². The van der Waals surface area contributed by atoms with Gasteiger partial charge in [-0.1, -0.05) is 18.2 Å². The Morgan fingerprint density at radius 1 is 1.29 bits per heavy atom. The monoisotopic (exact) mass is 433 g/mol. The molecule has 0 bridgehead atoms. The highest BCUT2D eigenvalue weighted by molar-refractivity contribution is 9.10. The van der Waals surface area contributed by atoms with E-state index in [1.54, 1.807) is 17.2 Å². The first-order valence-electron chi connectivity index (χ1n) is 9.06. The number of aryl methyl sites for hydroxylation is 1. The van der Waals surface area contributed by atoms with Crippen molar-refractivity contribution in [1.82, 2.24) is 25.0 Å². The molecule has 0 amide bonds. The molecule has 4 aromatic rings. The molecule has 1 aliphatic rings. The number of hydrogen-bond donors (Lipinski definition) is 1. The van der Waals surface area contributed by atoms with E-state index in [9.17, 15) is 0 Å². The number of rotatable bonds is 3. The van der Waals surface area contributed by atoms with Crippen LogP contribution in [0.3, 0.4) is 0 Å². The summed E-state index contributed by atoms with van der Waals surface area (Å²) < 4.78 is 0.987. The predicted molar refractivity (Wildman–Crippen MR) is 113 cm³/mol. The molecule has 28 heavy (non-hydrogen) atoms. The highest BCUT2D eigenvalue weighted by Crippen LogP contribution is 2.40. The van der Waals surface area contributed by atoms with Gasteiger partial charge in [-0.2, -0.15) is 10.2 Å². The van der Waals surface area contributed by atoms with Gasteiger partial charge in [0.15, 0.2) is 0 Å². The molecule has 139 valence electrons. The summed E-state index contributed by atoms with van der Waals surface area (Å²) >= 11 is 3.60. The molecule has 5 rings (SSSR count). The van der Waals surface area contributed by atoms with Gasteiger partial charge in [0.05, 0.1) is 29.6 Å². The van der Waals surface area contributed by atoms with E-state index in [2.05, 4.69) is 61.6 Å². The van der Waals surface area contributed by atoms with Crippen molar-refractivity contribution in [3.63, 3.8) is 0 Å². The number of halogens is 1. The fourth-order valence-electron chi connectivity index (χ4n) is 3.76. The fourth-order valence-corrected chi connectivity index (χ4v) is 4.22. The molecule has 1 aliphatic heterocycles. The average molecular weight is 434 g/mol. The number of para-hydroxylation sites is 1. The molecule has 1 atom stereocenters. The maximum Gasteiger partial charge on any atom is 0.130 e. The number of imidazole rings is 1. The van der Waals surface area contributed by atoms with Gasteiger partial charge in [-0.05, 0) is 59.1 Å². The van der Waals surface area contributed by atoms with E-state index in [1.165, 1.54) is 5.57 Å². The molecule has 3 heterocycles. The number of hydrogen-bond acceptors (Lipinski definition) is 4. The molecule has 1 N–H and O–H groups in total. The second-order valence-corrected chi connectivity index (χ2v) is 7.94. The molecule has 0 saturated carbocycles. The van der Waals surface area contributed by atoms with Gasteiger partial charge in [0.1, 0.15) is 17.0 Å². The lowest BCUT2D eigenvalue weighted by atomic mass is 10.1. The van der Waals surface area contributed by atoms with Crippen molar-refractivity contribution < 1.29 is 0 Å². The third kappa shape index (κ3) is 2.82. The molecule has 1 saturated heterocycles. The quantitative estimate of drug-likeness (QED) is 0.482. The minimum atomic E-state index is 0.0660. The number of aromatic nitrogens is 5. The lowest BCUT2D eigenvalue weighted by molar-refractivity contribution is 0.678. The second kappa shape index (κ2) is 6.60. The molecule has 6 nitrogen and oxygen atoms in total. The summed E-state index contributed by atoms with van der Waals surface area (Å²) in [6.45, 7) is 7.08. The van der Waals surface area contributed by atoms with Crippen molar-refractivity contribution in [2.45, 2.75) is 19.4 Å². The third-order valence-corrected chi connectivity index (χ3v) is 5.66. The summed E-state index contributed by atoms with van der Waals surface area (Å²) in [7, 11) is 0. The van der Waals surface area contributed by atoms with Crippen LogP contribution in [0, 0.1) is 13.0 Å². The van der Waals surface area contributed by atoms with Crippen LogP contribution < -0.4 is 4.90 Å². The molecule has 1 radical (unpaired) electrons. The van der Waals surface area contributed by atoms with Crippen molar-refractivity contribution in [1.29, 1.82) is 0 Å². The standard InChI is InChI=1S/C21H18BrN6/c1-13-6-7-17(28-23-8-9-24-28)18(10-13)27-12-14(2)11-19(27)21-25-16-5-3-4-15(22)20(16)26-21/h3-6,8-10,19H,2,11-12H2,1H3,(H,25,26)/t19-/m0/s1. The topological polar surface area (TPSA) is 62.6 Å². The first kappa shape index (κ1) is 17.2. The summed E-state index contributed by atoms with van der Waals surface area (Å²) in [6, 6.07) is 13.6. The Hall–Kier alpha value is -2.93. The van der Waals surface area contributed by atoms with Gasteiger partial charge in [0.25, 0.3) is 0 Å². The van der Waals surface area contributed by atoms with E-state index >= 15 is 0 Å². The zero-order valence-corrected chi connectivity index (χ0v) is 16.9. The molecule has 0 aliphatic carbocycles. The summed E-state index contributed by atoms with van der Waals surface area (Å²) in [5.74, 6) is 0.932. The Morgan fingerprint density at radius 3 is 2.89 bits per heavy atom. The van der Waals surface area contributed by atoms with Gasteiger partial charge in [-0.15, -0.1) is 4.80 Å². The van der Waals surface area contributed by atoms with Crippen LogP contribution in [-0.2, 0) is 0 Å². The lowest BCUT2D eigenvalue weighted by Crippen LogP contribution is -2.25. The number of benzene rings is 2. The minimum absolute atomic E-state index is 0.0660. The van der Waals surface area contributed by atoms with Gasteiger partial charge in [0, 0.05) is 17.1 Å². The normalized spacial score (nSPS) is 17.0. The van der Waals surface area contributed by atoms with Crippen LogP contribution in [0.4, 0.5) is 5.69 Å². The predicted octanol–water partition coefficient (Wildman–Crippen LogP) is 4.52. The maximum atomic E-state index is 4.89. The van der Waals surface area contributed by atoms with E-state index in [0.29, 0.717) is 0 Å². The second-order valence-electron chi connectivity index (χ2n) is 7.09. The van der Waals surface area contributed by atoms with E-state index in [-0.39, 0.29) is 6.04 Å². The summed E-state index contributed by atoms with van der Waals surface area (Å²) in [5, 5.41) is 8.61. The highest BCUT2D eigenvalue weighted by Gasteiger charge is 2.33. The summed E-state index contributed by atoms with van der Waals surface area (Å²) in [5.41, 5.74) is 6.12. The number of anilines is 1. The Morgan fingerprint density at radius 2 is 2.11 bits per heavy atom. The van der Waals surface area contributed by atoms with E-state index in [4.69, 9.17) is 4.98 Å². The van der Waals surface area contributed by atoms with Gasteiger partial charge < -0.3 is 9.88 Å². The molecule has 2 aromatic heterocycles. The molecule has 1 fully saturated rings. The largest absolute Gasteiger partial charge is 0.355 e. The lowest BCUT2D eigenvalue weighted by Gasteiger charge is -2.27. The van der Waals surface area contributed by atoms with Crippen molar-refractivity contribution >= 4 is 32.7 Å². The minimum Gasteiger partial charge on any atom is -0.355 e. The van der Waals surface area contributed by atoms with Crippen LogP contribution in [0.15, 0.2) is 59.4 Å². The van der Waals surface area contributed by atoms with Gasteiger partial charge in [-0.25, -0.2) is 4.98 Å². The van der Waals surface area contributed by atoms with Crippen LogP contribution in [0.25, 0.3) is 16.7 Å². The van der Waals surface area contributed by atoms with Crippen LogP contribution >= 0.6 is 15.9 Å². The van der Waals surface area contributed by atoms with Gasteiger partial charge in [0.2, 0.25) is 0 Å². The van der Waals surface area contributed by atoms with Crippen LogP contribution in [-0.4, -0.2) is 31.5 Å². The summed E-state index contributed by atoms with van der Waals surface area (Å²) in [4.78, 5) is 12.3. The smallest absolute Gasteiger partial charge is 0.130 e. The van der Waals surface area contributed by atoms with E-state index in [0.717, 1.165) is 51.2 Å². The SMILES string of the molecule is C=C1C[C@@H](c2nc3c(Br)cccc3[nH]2)N(c2cc(C)c[c]c2-n2nccn2)C1. The molecule has 0 unspecified atom stereocenters. The highest BCUT2D eigenvalue weighted by atomic mass is 79.9. The number of nitrogens with zero attached hydrogens (tertiary/aromatic N) is 5. The summed E-state index contributed by atoms with van der Waals surface area (Å²) in [6.07, 6.45) is 4.20. The van der Waals surface area contributed by atoms with E-state index < -0.39 is 0 Å². The zero-order chi connectivity index (χ0) is 19.3. The first-order chi connectivity index (χ1) is 13.6. The van der Waals surface area contributed by atoms with Crippen LogP contribution in [0.1, 0.15) is 23.9 Å². The fraction of sp³-hybridized carbons (Fsp3) is 0.190. The van der Waals surface area contributed by atoms with E-state index in [1.807, 2.05) is 24.3 Å². The first-order valence-corrected chi connectivity index (χ1v) is 9.86. The Balaban J connectivity index is 1.64. The molecule has 2 aromatic carbocycles. The molecular weight excluding hydrogens is 416 g/mol. The molecular formula is C21H18BrN6. The molecule has 7 heteroatoms. The van der Waals surface area contributed by atoms with Crippen molar-refractivity contribution in [3.05, 3.63) is 76.8 Å². The third-order valence-electron chi connectivity index (χ3n) is 5.02. The number of H-pyrrole nitrogens is 1. The van der Waals surface area contributed by atoms with Gasteiger partial charge >= 0.3 is 0 Å². The van der Waals surface area contributed by atoms with Crippen molar-refractivity contribution in [2.24, 2.45) is 0 Å². The van der Waals surface area contributed by atoms with Crippen molar-refractivity contribution in [3.8, 4) is 5.69 Å². The molecule has 0 spiro atoms. The Bertz CT molecular complexity index is 1180. The van der Waals surface area contributed by atoms with Crippen LogP contribution in [0.5, 0.6) is 0 Å².